The molecule has 25 heavy (non-hydrogen) atoms. The van der Waals surface area contributed by atoms with Crippen LogP contribution in [-0.4, -0.2) is 18.4 Å². The molecule has 0 aliphatic heterocycles. The summed E-state index contributed by atoms with van der Waals surface area (Å²) in [6.45, 7) is 5.80. The molecule has 0 spiro atoms. The van der Waals surface area contributed by atoms with Crippen LogP contribution < -0.4 is 15.4 Å². The maximum absolute atomic E-state index is 12.1. The summed E-state index contributed by atoms with van der Waals surface area (Å²) in [5, 5.41) is 5.59. The fraction of sp³-hybridized carbons (Fsp3) is 0.300. The minimum absolute atomic E-state index is 0.0127. The molecule has 0 aliphatic rings. The number of aryl methyl sites for hydroxylation is 2. The molecule has 132 valence electrons. The Morgan fingerprint density at radius 2 is 1.40 bits per heavy atom. The Balaban J connectivity index is 1.87. The maximum Gasteiger partial charge on any atom is 0.262 e. The minimum Gasteiger partial charge on any atom is -0.483 e. The van der Waals surface area contributed by atoms with E-state index in [2.05, 4.69) is 10.6 Å². The average Bonchev–Trinajstić information content (AvgIpc) is 2.56. The summed E-state index contributed by atoms with van der Waals surface area (Å²) in [6, 6.07) is 12.9. The number of anilines is 2. The van der Waals surface area contributed by atoms with Gasteiger partial charge in [-0.2, -0.15) is 0 Å². The topological polar surface area (TPSA) is 67.4 Å². The molecule has 0 atom stereocenters. The number of nitrogens with one attached hydrogen (secondary N) is 2. The molecule has 5 nitrogen and oxygen atoms in total. The number of rotatable bonds is 7. The highest BCUT2D eigenvalue weighted by Gasteiger charge is 2.08. The van der Waals surface area contributed by atoms with Gasteiger partial charge in [0.1, 0.15) is 5.75 Å². The highest BCUT2D eigenvalue weighted by Crippen LogP contribution is 2.22. The van der Waals surface area contributed by atoms with E-state index in [-0.39, 0.29) is 18.4 Å². The van der Waals surface area contributed by atoms with Crippen molar-refractivity contribution in [1.82, 2.24) is 0 Å². The Bertz CT molecular complexity index is 719. The first kappa shape index (κ1) is 18.5. The van der Waals surface area contributed by atoms with E-state index in [1.165, 1.54) is 0 Å². The van der Waals surface area contributed by atoms with Gasteiger partial charge in [0.05, 0.1) is 0 Å². The third-order valence-electron chi connectivity index (χ3n) is 3.69. The van der Waals surface area contributed by atoms with Crippen molar-refractivity contribution in [1.29, 1.82) is 0 Å². The van der Waals surface area contributed by atoms with E-state index in [0.717, 1.165) is 23.3 Å². The summed E-state index contributed by atoms with van der Waals surface area (Å²) in [4.78, 5) is 23.6. The van der Waals surface area contributed by atoms with E-state index in [4.69, 9.17) is 4.74 Å². The quantitative estimate of drug-likeness (QED) is 0.799. The maximum atomic E-state index is 12.1. The molecule has 0 heterocycles. The Morgan fingerprint density at radius 3 is 1.92 bits per heavy atom. The standard InChI is InChI=1S/C20H24N2O3/c1-4-6-18(23)21-16-9-11-17(12-10-16)22-19(24)13-25-20-14(2)7-5-8-15(20)3/h5,7-12H,4,6,13H2,1-3H3,(H,21,23)(H,22,24). The van der Waals surface area contributed by atoms with E-state index >= 15 is 0 Å². The molecular formula is C20H24N2O3. The molecule has 0 aromatic heterocycles. The lowest BCUT2D eigenvalue weighted by Crippen LogP contribution is -2.20. The van der Waals surface area contributed by atoms with Gasteiger partial charge in [-0.05, 0) is 55.7 Å². The number of ether oxygens (including phenoxy) is 1. The van der Waals surface area contributed by atoms with Crippen LogP contribution in [-0.2, 0) is 9.59 Å². The second-order valence-corrected chi connectivity index (χ2v) is 5.93. The van der Waals surface area contributed by atoms with Crippen LogP contribution in [0.15, 0.2) is 42.5 Å². The fourth-order valence-corrected chi connectivity index (χ4v) is 2.45. The zero-order valence-corrected chi connectivity index (χ0v) is 14.9. The van der Waals surface area contributed by atoms with Crippen LogP contribution in [0.5, 0.6) is 5.75 Å². The molecule has 2 rings (SSSR count). The Hall–Kier alpha value is -2.82. The molecule has 2 N–H and O–H groups in total. The predicted molar refractivity (Wildman–Crippen MR) is 100 cm³/mol. The van der Waals surface area contributed by atoms with Crippen molar-refractivity contribution in [2.45, 2.75) is 33.6 Å². The average molecular weight is 340 g/mol. The van der Waals surface area contributed by atoms with Crippen molar-refractivity contribution < 1.29 is 14.3 Å². The van der Waals surface area contributed by atoms with Crippen molar-refractivity contribution in [3.8, 4) is 5.75 Å². The lowest BCUT2D eigenvalue weighted by molar-refractivity contribution is -0.118. The van der Waals surface area contributed by atoms with Gasteiger partial charge in [-0.1, -0.05) is 25.1 Å². The van der Waals surface area contributed by atoms with Gasteiger partial charge >= 0.3 is 0 Å². The molecule has 0 unspecified atom stereocenters. The van der Waals surface area contributed by atoms with Gasteiger partial charge in [0.2, 0.25) is 5.91 Å². The smallest absolute Gasteiger partial charge is 0.262 e. The number of amides is 2. The monoisotopic (exact) mass is 340 g/mol. The molecule has 2 aromatic rings. The lowest BCUT2D eigenvalue weighted by atomic mass is 10.1. The molecule has 2 aromatic carbocycles. The third kappa shape index (κ3) is 5.64. The van der Waals surface area contributed by atoms with Crippen LogP contribution >= 0.6 is 0 Å². The second kappa shape index (κ2) is 8.87. The van der Waals surface area contributed by atoms with Gasteiger partial charge in [0, 0.05) is 17.8 Å². The molecule has 0 saturated carbocycles. The van der Waals surface area contributed by atoms with Crippen LogP contribution in [0.3, 0.4) is 0 Å². The normalized spacial score (nSPS) is 10.2. The van der Waals surface area contributed by atoms with Crippen molar-refractivity contribution in [2.75, 3.05) is 17.2 Å². The molecule has 0 aliphatic carbocycles. The number of para-hydroxylation sites is 1. The third-order valence-corrected chi connectivity index (χ3v) is 3.69. The zero-order chi connectivity index (χ0) is 18.2. The van der Waals surface area contributed by atoms with Crippen LogP contribution in [0.1, 0.15) is 30.9 Å². The summed E-state index contributed by atoms with van der Waals surface area (Å²) in [5.74, 6) is 0.498. The van der Waals surface area contributed by atoms with Gasteiger partial charge in [0.15, 0.2) is 6.61 Å². The lowest BCUT2D eigenvalue weighted by Gasteiger charge is -2.12. The van der Waals surface area contributed by atoms with Crippen molar-refractivity contribution in [2.24, 2.45) is 0 Å². The van der Waals surface area contributed by atoms with Gasteiger partial charge in [-0.25, -0.2) is 0 Å². The number of benzene rings is 2. The van der Waals surface area contributed by atoms with E-state index < -0.39 is 0 Å². The van der Waals surface area contributed by atoms with E-state index in [1.807, 2.05) is 39.0 Å². The van der Waals surface area contributed by atoms with Gasteiger partial charge in [-0.3, -0.25) is 9.59 Å². The van der Waals surface area contributed by atoms with E-state index in [1.54, 1.807) is 24.3 Å². The van der Waals surface area contributed by atoms with E-state index in [9.17, 15) is 9.59 Å². The predicted octanol–water partition coefficient (Wildman–Crippen LogP) is 4.06. The highest BCUT2D eigenvalue weighted by atomic mass is 16.5. The van der Waals surface area contributed by atoms with E-state index in [0.29, 0.717) is 17.8 Å². The SMILES string of the molecule is CCCC(=O)Nc1ccc(NC(=O)COc2c(C)cccc2C)cc1. The van der Waals surface area contributed by atoms with Crippen LogP contribution in [0.4, 0.5) is 11.4 Å². The zero-order valence-electron chi connectivity index (χ0n) is 14.9. The number of carbonyl (C=O) groups is 2. The van der Waals surface area contributed by atoms with Crippen LogP contribution in [0, 0.1) is 13.8 Å². The van der Waals surface area contributed by atoms with Crippen LogP contribution in [0.2, 0.25) is 0 Å². The summed E-state index contributed by atoms with van der Waals surface area (Å²) in [6.07, 6.45) is 1.30. The summed E-state index contributed by atoms with van der Waals surface area (Å²) in [7, 11) is 0. The largest absolute Gasteiger partial charge is 0.483 e. The molecule has 5 heteroatoms. The second-order valence-electron chi connectivity index (χ2n) is 5.93. The van der Waals surface area contributed by atoms with Crippen molar-refractivity contribution in [3.05, 3.63) is 53.6 Å². The first-order chi connectivity index (χ1) is 12.0. The first-order valence-electron chi connectivity index (χ1n) is 8.38. The molecule has 0 saturated heterocycles. The Kier molecular flexibility index (Phi) is 6.57. The summed E-state index contributed by atoms with van der Waals surface area (Å²) in [5.41, 5.74) is 3.37. The van der Waals surface area contributed by atoms with Crippen LogP contribution in [0.25, 0.3) is 0 Å². The Labute approximate surface area is 148 Å². The first-order valence-corrected chi connectivity index (χ1v) is 8.38. The van der Waals surface area contributed by atoms with Gasteiger partial charge in [-0.15, -0.1) is 0 Å². The number of hydrogen-bond acceptors (Lipinski definition) is 3. The minimum atomic E-state index is -0.231. The van der Waals surface area contributed by atoms with Gasteiger partial charge < -0.3 is 15.4 Å². The molecule has 0 fully saturated rings. The Morgan fingerprint density at radius 1 is 0.880 bits per heavy atom. The number of carbonyl (C=O) groups excluding carboxylic acids is 2. The fourth-order valence-electron chi connectivity index (χ4n) is 2.45. The van der Waals surface area contributed by atoms with Crippen molar-refractivity contribution in [3.63, 3.8) is 0 Å². The molecule has 2 amide bonds. The molecular weight excluding hydrogens is 316 g/mol. The summed E-state index contributed by atoms with van der Waals surface area (Å²) < 4.78 is 5.64. The highest BCUT2D eigenvalue weighted by molar-refractivity contribution is 5.93. The summed E-state index contributed by atoms with van der Waals surface area (Å²) >= 11 is 0. The molecule has 0 bridgehead atoms. The van der Waals surface area contributed by atoms with Gasteiger partial charge in [0.25, 0.3) is 5.91 Å². The van der Waals surface area contributed by atoms with Crippen molar-refractivity contribution >= 4 is 23.2 Å². The number of hydrogen-bond donors (Lipinski definition) is 2. The molecule has 0 radical (unpaired) electrons.